The van der Waals surface area contributed by atoms with Crippen LogP contribution in [-0.4, -0.2) is 42.0 Å². The smallest absolute Gasteiger partial charge is 0.353 e. The molecule has 1 fully saturated rings. The van der Waals surface area contributed by atoms with Gasteiger partial charge in [-0.15, -0.1) is 11.3 Å². The first-order valence-corrected chi connectivity index (χ1v) is 9.82. The van der Waals surface area contributed by atoms with E-state index in [2.05, 4.69) is 4.98 Å². The number of piperazine rings is 1. The third-order valence-electron chi connectivity index (χ3n) is 5.06. The number of hydrogen-bond donors (Lipinski definition) is 0. The average molecular weight is 423 g/mol. The molecule has 9 heteroatoms. The Labute approximate surface area is 168 Å². The van der Waals surface area contributed by atoms with Gasteiger partial charge in [0.15, 0.2) is 0 Å². The highest BCUT2D eigenvalue weighted by Gasteiger charge is 2.31. The van der Waals surface area contributed by atoms with E-state index in [0.29, 0.717) is 47.8 Å². The molecular weight excluding hydrogens is 406 g/mol. The van der Waals surface area contributed by atoms with Gasteiger partial charge in [0.1, 0.15) is 11.6 Å². The van der Waals surface area contributed by atoms with Crippen molar-refractivity contribution < 1.29 is 22.4 Å². The molecule has 0 N–H and O–H groups in total. The summed E-state index contributed by atoms with van der Waals surface area (Å²) in [5.41, 5.74) is -0.150. The summed E-state index contributed by atoms with van der Waals surface area (Å²) in [6, 6.07) is 7.15. The minimum Gasteiger partial charge on any atom is -0.353 e. The second kappa shape index (κ2) is 7.29. The molecule has 4 rings (SSSR count). The van der Waals surface area contributed by atoms with E-state index in [1.54, 1.807) is 24.0 Å². The summed E-state index contributed by atoms with van der Waals surface area (Å²) in [5.74, 6) is -0.0400. The lowest BCUT2D eigenvalue weighted by atomic mass is 10.1. The van der Waals surface area contributed by atoms with Crippen LogP contribution in [0, 0.1) is 12.7 Å². The molecule has 152 valence electrons. The molecule has 4 nitrogen and oxygen atoms in total. The van der Waals surface area contributed by atoms with Gasteiger partial charge in [-0.25, -0.2) is 9.37 Å². The van der Waals surface area contributed by atoms with Crippen LogP contribution in [0.4, 0.5) is 23.4 Å². The van der Waals surface area contributed by atoms with Crippen LogP contribution >= 0.6 is 11.3 Å². The minimum atomic E-state index is -4.42. The van der Waals surface area contributed by atoms with Crippen molar-refractivity contribution in [3.8, 4) is 0 Å². The molecule has 1 aliphatic heterocycles. The number of carbonyl (C=O) groups is 1. The van der Waals surface area contributed by atoms with Gasteiger partial charge in [0.2, 0.25) is 0 Å². The number of nitrogens with zero attached hydrogens (tertiary/aromatic N) is 3. The molecule has 0 bridgehead atoms. The standard InChI is InChI=1S/C20H17F4N3OS/c1-12-17-14(21)3-2-4-15(17)29-18(12)19(28)27-9-7-26(8-10-27)16-6-5-13(11-25-16)20(22,23)24/h2-6,11H,7-10H2,1H3. The van der Waals surface area contributed by atoms with E-state index in [1.807, 2.05) is 4.90 Å². The topological polar surface area (TPSA) is 36.4 Å². The molecule has 1 saturated heterocycles. The molecule has 0 spiro atoms. The molecule has 2 aromatic heterocycles. The van der Waals surface area contributed by atoms with Gasteiger partial charge >= 0.3 is 6.18 Å². The fourth-order valence-corrected chi connectivity index (χ4v) is 4.67. The summed E-state index contributed by atoms with van der Waals surface area (Å²) in [6.45, 7) is 3.50. The van der Waals surface area contributed by atoms with Gasteiger partial charge < -0.3 is 9.80 Å². The van der Waals surface area contributed by atoms with Crippen molar-refractivity contribution in [1.29, 1.82) is 0 Å². The Morgan fingerprint density at radius 1 is 1.10 bits per heavy atom. The van der Waals surface area contributed by atoms with Crippen LogP contribution in [0.25, 0.3) is 10.1 Å². The highest BCUT2D eigenvalue weighted by Crippen LogP contribution is 2.34. The summed E-state index contributed by atoms with van der Waals surface area (Å²) in [7, 11) is 0. The quantitative estimate of drug-likeness (QED) is 0.560. The Morgan fingerprint density at radius 3 is 2.41 bits per heavy atom. The lowest BCUT2D eigenvalue weighted by Crippen LogP contribution is -2.49. The number of alkyl halides is 3. The zero-order valence-corrected chi connectivity index (χ0v) is 16.3. The average Bonchev–Trinajstić information content (AvgIpc) is 3.05. The molecular formula is C20H17F4N3OS. The SMILES string of the molecule is Cc1c(C(=O)N2CCN(c3ccc(C(F)(F)F)cn3)CC2)sc2cccc(F)c12. The van der Waals surface area contributed by atoms with Gasteiger partial charge in [-0.05, 0) is 36.8 Å². The number of benzene rings is 1. The van der Waals surface area contributed by atoms with Crippen molar-refractivity contribution in [3.05, 3.63) is 58.3 Å². The normalized spacial score (nSPS) is 15.2. The number of fused-ring (bicyclic) bond motifs is 1. The molecule has 0 aliphatic carbocycles. The molecule has 0 atom stereocenters. The zero-order valence-electron chi connectivity index (χ0n) is 15.5. The maximum Gasteiger partial charge on any atom is 0.417 e. The van der Waals surface area contributed by atoms with Crippen LogP contribution in [-0.2, 0) is 6.18 Å². The summed E-state index contributed by atoms with van der Waals surface area (Å²) in [5, 5.41) is 0.480. The number of rotatable bonds is 2. The van der Waals surface area contributed by atoms with E-state index in [-0.39, 0.29) is 11.7 Å². The first-order valence-electron chi connectivity index (χ1n) is 9.01. The van der Waals surface area contributed by atoms with Crippen LogP contribution in [0.3, 0.4) is 0 Å². The van der Waals surface area contributed by atoms with Gasteiger partial charge in [-0.3, -0.25) is 4.79 Å². The molecule has 1 aliphatic rings. The number of thiophene rings is 1. The number of pyridine rings is 1. The van der Waals surface area contributed by atoms with Crippen LogP contribution < -0.4 is 4.90 Å². The van der Waals surface area contributed by atoms with Gasteiger partial charge in [0.25, 0.3) is 5.91 Å². The number of anilines is 1. The van der Waals surface area contributed by atoms with Crippen molar-refractivity contribution in [2.24, 2.45) is 0 Å². The molecule has 1 amide bonds. The predicted octanol–water partition coefficient (Wildman–Crippen LogP) is 4.73. The number of halogens is 4. The molecule has 29 heavy (non-hydrogen) atoms. The number of amides is 1. The molecule has 1 aromatic carbocycles. The Morgan fingerprint density at radius 2 is 1.83 bits per heavy atom. The maximum absolute atomic E-state index is 14.1. The van der Waals surface area contributed by atoms with Crippen molar-refractivity contribution in [3.63, 3.8) is 0 Å². The Balaban J connectivity index is 1.47. The highest BCUT2D eigenvalue weighted by atomic mass is 32.1. The first-order chi connectivity index (χ1) is 13.8. The van der Waals surface area contributed by atoms with E-state index in [0.717, 1.165) is 17.0 Å². The number of aromatic nitrogens is 1. The van der Waals surface area contributed by atoms with Crippen LogP contribution in [0.2, 0.25) is 0 Å². The number of carbonyl (C=O) groups excluding carboxylic acids is 1. The predicted molar refractivity (Wildman–Crippen MR) is 104 cm³/mol. The maximum atomic E-state index is 14.1. The minimum absolute atomic E-state index is 0.150. The van der Waals surface area contributed by atoms with E-state index < -0.39 is 11.7 Å². The summed E-state index contributed by atoms with van der Waals surface area (Å²) < 4.78 is 52.9. The highest BCUT2D eigenvalue weighted by molar-refractivity contribution is 7.21. The van der Waals surface area contributed by atoms with Gasteiger partial charge in [-0.2, -0.15) is 13.2 Å². The van der Waals surface area contributed by atoms with E-state index >= 15 is 0 Å². The number of hydrogen-bond acceptors (Lipinski definition) is 4. The lowest BCUT2D eigenvalue weighted by Gasteiger charge is -2.35. The largest absolute Gasteiger partial charge is 0.417 e. The molecule has 0 saturated carbocycles. The van der Waals surface area contributed by atoms with Crippen LogP contribution in [0.15, 0.2) is 36.5 Å². The molecule has 3 aromatic rings. The summed E-state index contributed by atoms with van der Waals surface area (Å²) in [6.07, 6.45) is -3.60. The second-order valence-corrected chi connectivity index (χ2v) is 7.90. The summed E-state index contributed by atoms with van der Waals surface area (Å²) >= 11 is 1.28. The van der Waals surface area contributed by atoms with Gasteiger partial charge in [0, 0.05) is 42.5 Å². The zero-order chi connectivity index (χ0) is 20.8. The van der Waals surface area contributed by atoms with Crippen molar-refractivity contribution in [2.45, 2.75) is 13.1 Å². The fraction of sp³-hybridized carbons (Fsp3) is 0.300. The molecule has 0 unspecified atom stereocenters. The third-order valence-corrected chi connectivity index (χ3v) is 6.31. The van der Waals surface area contributed by atoms with E-state index in [1.165, 1.54) is 23.5 Å². The van der Waals surface area contributed by atoms with Gasteiger partial charge in [-0.1, -0.05) is 6.07 Å². The van der Waals surface area contributed by atoms with Crippen LogP contribution in [0.1, 0.15) is 20.8 Å². The Bertz CT molecular complexity index is 1050. The van der Waals surface area contributed by atoms with Crippen molar-refractivity contribution in [1.82, 2.24) is 9.88 Å². The van der Waals surface area contributed by atoms with Crippen molar-refractivity contribution >= 4 is 33.1 Å². The second-order valence-electron chi connectivity index (χ2n) is 6.85. The Hall–Kier alpha value is -2.68. The van der Waals surface area contributed by atoms with Crippen LogP contribution in [0.5, 0.6) is 0 Å². The van der Waals surface area contributed by atoms with E-state index in [4.69, 9.17) is 0 Å². The Kier molecular flexibility index (Phi) is 4.94. The summed E-state index contributed by atoms with van der Waals surface area (Å²) in [4.78, 5) is 20.9. The third kappa shape index (κ3) is 3.66. The van der Waals surface area contributed by atoms with E-state index in [9.17, 15) is 22.4 Å². The fourth-order valence-electron chi connectivity index (χ4n) is 3.48. The number of aryl methyl sites for hydroxylation is 1. The lowest BCUT2D eigenvalue weighted by molar-refractivity contribution is -0.137. The first kappa shape index (κ1) is 19.6. The van der Waals surface area contributed by atoms with Gasteiger partial charge in [0.05, 0.1) is 10.4 Å². The monoisotopic (exact) mass is 423 g/mol. The van der Waals surface area contributed by atoms with Crippen molar-refractivity contribution in [2.75, 3.05) is 31.1 Å². The molecule has 3 heterocycles. The molecule has 0 radical (unpaired) electrons.